The van der Waals surface area contributed by atoms with Crippen molar-refractivity contribution in [2.24, 2.45) is 5.73 Å². The highest BCUT2D eigenvalue weighted by Crippen LogP contribution is 2.45. The first kappa shape index (κ1) is 23.8. The molecule has 1 aliphatic rings. The monoisotopic (exact) mass is 469 g/mol. The molecule has 0 saturated heterocycles. The summed E-state index contributed by atoms with van der Waals surface area (Å²) in [5.74, 6) is -0.0423. The Morgan fingerprint density at radius 3 is 2.53 bits per heavy atom. The second-order valence-electron chi connectivity index (χ2n) is 8.46. The quantitative estimate of drug-likeness (QED) is 0.462. The van der Waals surface area contributed by atoms with Crippen molar-refractivity contribution in [2.45, 2.75) is 37.4 Å². The average molecular weight is 470 g/mol. The summed E-state index contributed by atoms with van der Waals surface area (Å²) >= 11 is 0. The lowest BCUT2D eigenvalue weighted by molar-refractivity contribution is -0.140. The van der Waals surface area contributed by atoms with E-state index in [1.807, 2.05) is 24.3 Å². The predicted molar refractivity (Wildman–Crippen MR) is 124 cm³/mol. The van der Waals surface area contributed by atoms with Crippen molar-refractivity contribution in [3.63, 3.8) is 0 Å². The van der Waals surface area contributed by atoms with Crippen LogP contribution in [0.5, 0.6) is 5.75 Å². The number of carbonyl (C=O) groups is 1. The zero-order valence-corrected chi connectivity index (χ0v) is 19.0. The molecule has 3 aromatic rings. The molecule has 0 heterocycles. The van der Waals surface area contributed by atoms with E-state index in [4.69, 9.17) is 15.2 Å². The molecular weight excluding hydrogens is 443 g/mol. The number of benzene rings is 3. The Morgan fingerprint density at radius 2 is 1.82 bits per heavy atom. The van der Waals surface area contributed by atoms with Gasteiger partial charge in [0.05, 0.1) is 26.2 Å². The van der Waals surface area contributed by atoms with Crippen molar-refractivity contribution in [1.29, 1.82) is 0 Å². The number of methoxy groups -OCH3 is 2. The van der Waals surface area contributed by atoms with Crippen LogP contribution >= 0.6 is 0 Å². The van der Waals surface area contributed by atoms with E-state index in [9.17, 15) is 18.0 Å². The Bertz CT molecular complexity index is 1210. The van der Waals surface area contributed by atoms with E-state index in [0.29, 0.717) is 28.0 Å². The summed E-state index contributed by atoms with van der Waals surface area (Å²) in [5.41, 5.74) is 10.4. The minimum absolute atomic E-state index is 0.0333. The van der Waals surface area contributed by atoms with Crippen LogP contribution in [0.4, 0.5) is 13.2 Å². The molecule has 0 aromatic heterocycles. The molecule has 2 N–H and O–H groups in total. The molecule has 0 bridgehead atoms. The molecule has 2 unspecified atom stereocenters. The number of halogens is 3. The van der Waals surface area contributed by atoms with Crippen LogP contribution < -0.4 is 10.5 Å². The van der Waals surface area contributed by atoms with Crippen molar-refractivity contribution in [2.75, 3.05) is 14.2 Å². The van der Waals surface area contributed by atoms with E-state index in [-0.39, 0.29) is 12.3 Å². The van der Waals surface area contributed by atoms with Crippen LogP contribution in [0, 0.1) is 0 Å². The van der Waals surface area contributed by atoms with Crippen LogP contribution in [-0.2, 0) is 28.5 Å². The molecular formula is C27H26F3NO3. The van der Waals surface area contributed by atoms with Gasteiger partial charge in [0.1, 0.15) is 5.75 Å². The third-order valence-electron chi connectivity index (χ3n) is 6.48. The summed E-state index contributed by atoms with van der Waals surface area (Å²) in [7, 11) is 2.80. The average Bonchev–Trinajstić information content (AvgIpc) is 3.26. The maximum Gasteiger partial charge on any atom is 0.416 e. The highest BCUT2D eigenvalue weighted by molar-refractivity contribution is 5.78. The maximum atomic E-state index is 13.7. The van der Waals surface area contributed by atoms with Gasteiger partial charge >= 0.3 is 12.1 Å². The zero-order chi connectivity index (χ0) is 24.5. The van der Waals surface area contributed by atoms with Crippen LogP contribution in [-0.4, -0.2) is 20.2 Å². The van der Waals surface area contributed by atoms with Crippen molar-refractivity contribution >= 4 is 5.97 Å². The SMILES string of the molecule is COC(=O)Cc1ccc(OC)c(-c2ccc(C(F)(F)F)cc2C(N)C2CCc3ccccc32)c1. The van der Waals surface area contributed by atoms with Crippen LogP contribution in [0.1, 0.15) is 46.2 Å². The molecule has 0 radical (unpaired) electrons. The minimum Gasteiger partial charge on any atom is -0.496 e. The second-order valence-corrected chi connectivity index (χ2v) is 8.46. The molecule has 7 heteroatoms. The van der Waals surface area contributed by atoms with Gasteiger partial charge in [-0.05, 0) is 64.9 Å². The van der Waals surface area contributed by atoms with Gasteiger partial charge in [0, 0.05) is 17.5 Å². The maximum absolute atomic E-state index is 13.7. The lowest BCUT2D eigenvalue weighted by Gasteiger charge is -2.25. The van der Waals surface area contributed by atoms with Crippen molar-refractivity contribution in [3.05, 3.63) is 88.5 Å². The zero-order valence-electron chi connectivity index (χ0n) is 19.0. The summed E-state index contributed by atoms with van der Waals surface area (Å²) in [6.07, 6.45) is -2.88. The van der Waals surface area contributed by atoms with Crippen molar-refractivity contribution in [3.8, 4) is 16.9 Å². The molecule has 0 spiro atoms. The minimum atomic E-state index is -4.50. The number of alkyl halides is 3. The number of hydrogen-bond donors (Lipinski definition) is 1. The second kappa shape index (κ2) is 9.50. The lowest BCUT2D eigenvalue weighted by Crippen LogP contribution is -2.20. The summed E-state index contributed by atoms with van der Waals surface area (Å²) in [6.45, 7) is 0. The fraction of sp³-hybridized carbons (Fsp3) is 0.296. The van der Waals surface area contributed by atoms with Gasteiger partial charge in [0.25, 0.3) is 0 Å². The summed E-state index contributed by atoms with van der Waals surface area (Å²) < 4.78 is 51.2. The van der Waals surface area contributed by atoms with Gasteiger partial charge in [-0.15, -0.1) is 0 Å². The van der Waals surface area contributed by atoms with Gasteiger partial charge < -0.3 is 15.2 Å². The molecule has 178 valence electrons. The van der Waals surface area contributed by atoms with E-state index >= 15 is 0 Å². The summed E-state index contributed by atoms with van der Waals surface area (Å²) in [4.78, 5) is 11.8. The number of hydrogen-bond acceptors (Lipinski definition) is 4. The molecule has 0 fully saturated rings. The normalized spacial score (nSPS) is 16.1. The van der Waals surface area contributed by atoms with Gasteiger partial charge in [-0.2, -0.15) is 13.2 Å². The first-order chi connectivity index (χ1) is 16.2. The number of fused-ring (bicyclic) bond motifs is 1. The number of rotatable bonds is 6. The van der Waals surface area contributed by atoms with Gasteiger partial charge in [-0.3, -0.25) is 4.79 Å². The number of carbonyl (C=O) groups excluding carboxylic acids is 1. The predicted octanol–water partition coefficient (Wildman–Crippen LogP) is 5.83. The van der Waals surface area contributed by atoms with Gasteiger partial charge in [-0.1, -0.05) is 36.4 Å². The van der Waals surface area contributed by atoms with Crippen LogP contribution in [0.3, 0.4) is 0 Å². The van der Waals surface area contributed by atoms with Crippen LogP contribution in [0.2, 0.25) is 0 Å². The van der Waals surface area contributed by atoms with Gasteiger partial charge in [0.2, 0.25) is 0 Å². The Kier molecular flexibility index (Phi) is 6.66. The van der Waals surface area contributed by atoms with E-state index < -0.39 is 23.8 Å². The van der Waals surface area contributed by atoms with Crippen LogP contribution in [0.25, 0.3) is 11.1 Å². The lowest BCUT2D eigenvalue weighted by atomic mass is 9.83. The largest absolute Gasteiger partial charge is 0.496 e. The highest BCUT2D eigenvalue weighted by atomic mass is 19.4. The molecule has 0 aliphatic heterocycles. The first-order valence-corrected chi connectivity index (χ1v) is 11.0. The van der Waals surface area contributed by atoms with Crippen molar-refractivity contribution < 1.29 is 27.4 Å². The molecule has 34 heavy (non-hydrogen) atoms. The van der Waals surface area contributed by atoms with E-state index in [1.54, 1.807) is 18.2 Å². The number of esters is 1. The molecule has 0 amide bonds. The summed E-state index contributed by atoms with van der Waals surface area (Å²) in [6, 6.07) is 16.1. The molecule has 4 nitrogen and oxygen atoms in total. The third kappa shape index (κ3) is 4.66. The number of aryl methyl sites for hydroxylation is 1. The van der Waals surface area contributed by atoms with Gasteiger partial charge in [0.15, 0.2) is 0 Å². The fourth-order valence-corrected chi connectivity index (χ4v) is 4.75. The fourth-order valence-electron chi connectivity index (χ4n) is 4.75. The van der Waals surface area contributed by atoms with Crippen molar-refractivity contribution in [1.82, 2.24) is 0 Å². The number of ether oxygens (including phenoxy) is 2. The molecule has 0 saturated carbocycles. The first-order valence-electron chi connectivity index (χ1n) is 11.0. The van der Waals surface area contributed by atoms with E-state index in [0.717, 1.165) is 30.5 Å². The molecule has 1 aliphatic carbocycles. The molecule has 2 atom stereocenters. The Hall–Kier alpha value is -3.32. The number of nitrogens with two attached hydrogens (primary N) is 1. The smallest absolute Gasteiger partial charge is 0.416 e. The van der Waals surface area contributed by atoms with E-state index in [1.165, 1.54) is 25.8 Å². The Balaban J connectivity index is 1.86. The highest BCUT2D eigenvalue weighted by Gasteiger charge is 2.35. The Labute approximate surface area is 196 Å². The summed E-state index contributed by atoms with van der Waals surface area (Å²) in [5, 5.41) is 0. The van der Waals surface area contributed by atoms with E-state index in [2.05, 4.69) is 0 Å². The topological polar surface area (TPSA) is 61.5 Å². The van der Waals surface area contributed by atoms with Crippen LogP contribution in [0.15, 0.2) is 60.7 Å². The standard InChI is InChI=1S/C27H26F3NO3/c1-33-24-12-7-16(14-25(32)34-2)13-22(24)20-11-9-18(27(28,29)30)15-23(20)26(31)21-10-8-17-5-3-4-6-19(17)21/h3-7,9,11-13,15,21,26H,8,10,14,31H2,1-2H3. The Morgan fingerprint density at radius 1 is 1.06 bits per heavy atom. The molecule has 3 aromatic carbocycles. The molecule has 4 rings (SSSR count). The third-order valence-corrected chi connectivity index (χ3v) is 6.48. The van der Waals surface area contributed by atoms with Gasteiger partial charge in [-0.25, -0.2) is 0 Å².